The van der Waals surface area contributed by atoms with E-state index in [2.05, 4.69) is 10.4 Å². The van der Waals surface area contributed by atoms with Gasteiger partial charge in [0.2, 0.25) is 0 Å². The summed E-state index contributed by atoms with van der Waals surface area (Å²) >= 11 is 6.39. The van der Waals surface area contributed by atoms with Crippen molar-refractivity contribution < 1.29 is 19.1 Å². The average molecular weight is 478 g/mol. The number of halogens is 1. The summed E-state index contributed by atoms with van der Waals surface area (Å²) < 4.78 is 10.4. The van der Waals surface area contributed by atoms with Crippen LogP contribution in [-0.4, -0.2) is 43.3 Å². The Hall–Kier alpha value is -3.84. The van der Waals surface area contributed by atoms with Gasteiger partial charge in [0.05, 0.1) is 32.5 Å². The predicted octanol–water partition coefficient (Wildman–Crippen LogP) is 4.46. The summed E-state index contributed by atoms with van der Waals surface area (Å²) in [4.78, 5) is 25.7. The number of benzene rings is 3. The molecule has 1 heterocycles. The molecule has 1 N–H and O–H groups in total. The van der Waals surface area contributed by atoms with Gasteiger partial charge < -0.3 is 14.8 Å². The molecule has 1 aliphatic rings. The van der Waals surface area contributed by atoms with E-state index in [1.54, 1.807) is 44.6 Å². The van der Waals surface area contributed by atoms with Gasteiger partial charge in [-0.25, -0.2) is 5.01 Å². The maximum Gasteiger partial charge on any atom is 0.262 e. The summed E-state index contributed by atoms with van der Waals surface area (Å²) in [6.07, 6.45) is 0.494. The molecule has 0 spiro atoms. The Balaban J connectivity index is 1.54. The van der Waals surface area contributed by atoms with Gasteiger partial charge in [0, 0.05) is 22.6 Å². The van der Waals surface area contributed by atoms with Crippen molar-refractivity contribution in [2.45, 2.75) is 12.5 Å². The Kier molecular flexibility index (Phi) is 7.13. The van der Waals surface area contributed by atoms with Crippen molar-refractivity contribution in [1.82, 2.24) is 10.3 Å². The van der Waals surface area contributed by atoms with Crippen LogP contribution >= 0.6 is 11.6 Å². The molecule has 7 nitrogen and oxygen atoms in total. The number of rotatable bonds is 7. The number of ether oxygens (including phenoxy) is 2. The quantitative estimate of drug-likeness (QED) is 0.544. The molecular formula is C26H24ClN3O4. The number of nitrogens with zero attached hydrogens (tertiary/aromatic N) is 2. The second kappa shape index (κ2) is 10.4. The third kappa shape index (κ3) is 5.05. The summed E-state index contributed by atoms with van der Waals surface area (Å²) in [5.74, 6) is 0.684. The summed E-state index contributed by atoms with van der Waals surface area (Å²) in [6.45, 7) is -0.198. The Morgan fingerprint density at radius 3 is 2.21 bits per heavy atom. The topological polar surface area (TPSA) is 80.2 Å². The molecule has 3 aromatic rings. The van der Waals surface area contributed by atoms with E-state index in [0.717, 1.165) is 16.9 Å². The van der Waals surface area contributed by atoms with E-state index in [9.17, 15) is 9.59 Å². The molecule has 1 aliphatic heterocycles. The molecule has 174 valence electrons. The highest BCUT2D eigenvalue weighted by molar-refractivity contribution is 6.34. The average Bonchev–Trinajstić information content (AvgIpc) is 3.33. The third-order valence-corrected chi connectivity index (χ3v) is 5.93. The molecule has 2 amide bonds. The molecular weight excluding hydrogens is 454 g/mol. The van der Waals surface area contributed by atoms with Crippen LogP contribution in [0.3, 0.4) is 0 Å². The molecule has 8 heteroatoms. The summed E-state index contributed by atoms with van der Waals surface area (Å²) in [5.41, 5.74) is 2.82. The van der Waals surface area contributed by atoms with E-state index >= 15 is 0 Å². The minimum absolute atomic E-state index is 0.198. The fourth-order valence-electron chi connectivity index (χ4n) is 3.77. The molecule has 0 bridgehead atoms. The van der Waals surface area contributed by atoms with Gasteiger partial charge in [-0.05, 0) is 48.0 Å². The zero-order valence-electron chi connectivity index (χ0n) is 18.8. The minimum Gasteiger partial charge on any atom is -0.497 e. The van der Waals surface area contributed by atoms with Crippen LogP contribution in [0.5, 0.6) is 11.5 Å². The normalized spacial score (nSPS) is 15.0. The first kappa shape index (κ1) is 23.3. The van der Waals surface area contributed by atoms with Crippen LogP contribution in [0.1, 0.15) is 33.9 Å². The lowest BCUT2D eigenvalue weighted by Gasteiger charge is -2.22. The van der Waals surface area contributed by atoms with Crippen LogP contribution in [-0.2, 0) is 4.79 Å². The van der Waals surface area contributed by atoms with Crippen molar-refractivity contribution in [3.63, 3.8) is 0 Å². The van der Waals surface area contributed by atoms with Gasteiger partial charge in [-0.2, -0.15) is 5.10 Å². The van der Waals surface area contributed by atoms with E-state index in [1.807, 2.05) is 42.5 Å². The summed E-state index contributed by atoms with van der Waals surface area (Å²) in [7, 11) is 3.16. The highest BCUT2D eigenvalue weighted by Crippen LogP contribution is 2.35. The van der Waals surface area contributed by atoms with Crippen LogP contribution in [0.2, 0.25) is 5.02 Å². The lowest BCUT2D eigenvalue weighted by molar-refractivity contribution is -0.131. The third-order valence-electron chi connectivity index (χ3n) is 5.60. The van der Waals surface area contributed by atoms with Crippen molar-refractivity contribution in [2.24, 2.45) is 5.10 Å². The van der Waals surface area contributed by atoms with Gasteiger partial charge in [0.15, 0.2) is 0 Å². The predicted molar refractivity (Wildman–Crippen MR) is 131 cm³/mol. The Morgan fingerprint density at radius 1 is 0.971 bits per heavy atom. The number of methoxy groups -OCH3 is 2. The number of amides is 2. The van der Waals surface area contributed by atoms with Gasteiger partial charge in [-0.1, -0.05) is 41.9 Å². The molecule has 1 unspecified atom stereocenters. The van der Waals surface area contributed by atoms with Gasteiger partial charge in [-0.15, -0.1) is 0 Å². The Morgan fingerprint density at radius 2 is 1.59 bits per heavy atom. The van der Waals surface area contributed by atoms with Crippen LogP contribution in [0.15, 0.2) is 77.9 Å². The number of hydrazone groups is 1. The first-order valence-corrected chi connectivity index (χ1v) is 11.1. The maximum absolute atomic E-state index is 13.2. The van der Waals surface area contributed by atoms with E-state index < -0.39 is 0 Å². The highest BCUT2D eigenvalue weighted by Gasteiger charge is 2.33. The van der Waals surface area contributed by atoms with Gasteiger partial charge >= 0.3 is 0 Å². The van der Waals surface area contributed by atoms with E-state index in [1.165, 1.54) is 5.01 Å². The van der Waals surface area contributed by atoms with Gasteiger partial charge in [-0.3, -0.25) is 9.59 Å². The molecule has 34 heavy (non-hydrogen) atoms. The molecule has 0 radical (unpaired) electrons. The lowest BCUT2D eigenvalue weighted by Crippen LogP contribution is -2.38. The van der Waals surface area contributed by atoms with Gasteiger partial charge in [0.25, 0.3) is 11.8 Å². The van der Waals surface area contributed by atoms with E-state index in [-0.39, 0.29) is 24.4 Å². The number of carbonyl (C=O) groups excluding carboxylic acids is 2. The van der Waals surface area contributed by atoms with Crippen molar-refractivity contribution >= 4 is 29.1 Å². The molecule has 0 aliphatic carbocycles. The smallest absolute Gasteiger partial charge is 0.262 e. The fourth-order valence-corrected chi connectivity index (χ4v) is 4.01. The van der Waals surface area contributed by atoms with Crippen molar-refractivity contribution in [3.8, 4) is 11.5 Å². The van der Waals surface area contributed by atoms with Gasteiger partial charge in [0.1, 0.15) is 11.5 Å². The van der Waals surface area contributed by atoms with Crippen molar-refractivity contribution in [3.05, 3.63) is 94.5 Å². The van der Waals surface area contributed by atoms with Crippen LogP contribution in [0.4, 0.5) is 0 Å². The monoisotopic (exact) mass is 477 g/mol. The molecule has 0 saturated heterocycles. The summed E-state index contributed by atoms with van der Waals surface area (Å²) in [6, 6.07) is 21.2. The van der Waals surface area contributed by atoms with Crippen LogP contribution < -0.4 is 14.8 Å². The standard InChI is InChI=1S/C26H24ClN3O4/c1-33-19-11-7-17(8-12-19)24-15-23(21-5-3-4-6-22(21)27)29-30(24)25(31)16-28-26(32)18-9-13-20(34-2)14-10-18/h3-14,24H,15-16H2,1-2H3,(H,28,32). The SMILES string of the molecule is COc1ccc(C(=O)NCC(=O)N2N=C(c3ccccc3Cl)CC2c2ccc(OC)cc2)cc1. The fraction of sp³-hybridized carbons (Fsp3) is 0.192. The molecule has 0 saturated carbocycles. The van der Waals surface area contributed by atoms with E-state index in [4.69, 9.17) is 21.1 Å². The molecule has 0 fully saturated rings. The maximum atomic E-state index is 13.2. The van der Waals surface area contributed by atoms with E-state index in [0.29, 0.717) is 28.5 Å². The summed E-state index contributed by atoms with van der Waals surface area (Å²) in [5, 5.41) is 9.28. The Labute approximate surface area is 202 Å². The largest absolute Gasteiger partial charge is 0.497 e. The second-order valence-corrected chi connectivity index (χ2v) is 8.08. The first-order valence-electron chi connectivity index (χ1n) is 10.7. The highest BCUT2D eigenvalue weighted by atomic mass is 35.5. The molecule has 4 rings (SSSR count). The lowest BCUT2D eigenvalue weighted by atomic mass is 9.98. The zero-order chi connectivity index (χ0) is 24.1. The number of nitrogens with one attached hydrogen (secondary N) is 1. The zero-order valence-corrected chi connectivity index (χ0v) is 19.6. The van der Waals surface area contributed by atoms with Crippen molar-refractivity contribution in [1.29, 1.82) is 0 Å². The number of hydrogen-bond acceptors (Lipinski definition) is 5. The number of hydrogen-bond donors (Lipinski definition) is 1. The first-order chi connectivity index (χ1) is 16.5. The molecule has 1 atom stereocenters. The Bertz CT molecular complexity index is 1210. The van der Waals surface area contributed by atoms with Crippen LogP contribution in [0, 0.1) is 0 Å². The second-order valence-electron chi connectivity index (χ2n) is 7.67. The molecule has 3 aromatic carbocycles. The molecule has 0 aromatic heterocycles. The number of carbonyl (C=O) groups is 2. The van der Waals surface area contributed by atoms with Crippen molar-refractivity contribution in [2.75, 3.05) is 20.8 Å². The van der Waals surface area contributed by atoms with Crippen LogP contribution in [0.25, 0.3) is 0 Å². The minimum atomic E-state index is -0.355.